The van der Waals surface area contributed by atoms with Gasteiger partial charge >= 0.3 is 0 Å². The molecular formula is C13H14N2O3S. The van der Waals surface area contributed by atoms with Gasteiger partial charge in [0, 0.05) is 5.69 Å². The number of hydrogen-bond donors (Lipinski definition) is 2. The molecule has 6 heteroatoms. The van der Waals surface area contributed by atoms with Gasteiger partial charge in [0.05, 0.1) is 5.92 Å². The molecule has 3 amide bonds. The number of carbonyl (C=O) groups excluding carboxylic acids is 3. The van der Waals surface area contributed by atoms with Crippen LogP contribution in [0.25, 0.3) is 0 Å². The van der Waals surface area contributed by atoms with Crippen LogP contribution < -0.4 is 10.6 Å². The van der Waals surface area contributed by atoms with Gasteiger partial charge in [-0.1, -0.05) is 30.8 Å². The van der Waals surface area contributed by atoms with Crippen LogP contribution in [0.5, 0.6) is 0 Å². The van der Waals surface area contributed by atoms with E-state index >= 15 is 0 Å². The molecule has 2 unspecified atom stereocenters. The number of hydrogen-bond acceptors (Lipinski definition) is 4. The van der Waals surface area contributed by atoms with E-state index in [1.54, 1.807) is 13.0 Å². The lowest BCUT2D eigenvalue weighted by atomic mass is 10.1. The van der Waals surface area contributed by atoms with Crippen LogP contribution in [-0.4, -0.2) is 22.3 Å². The number of thioether (sulfide) groups is 1. The number of benzene rings is 1. The van der Waals surface area contributed by atoms with Crippen molar-refractivity contribution in [3.8, 4) is 0 Å². The highest BCUT2D eigenvalue weighted by atomic mass is 32.2. The van der Waals surface area contributed by atoms with Crippen LogP contribution in [0.15, 0.2) is 24.3 Å². The van der Waals surface area contributed by atoms with E-state index in [4.69, 9.17) is 0 Å². The number of amides is 3. The zero-order valence-electron chi connectivity index (χ0n) is 10.6. The lowest BCUT2D eigenvalue weighted by Gasteiger charge is -2.15. The van der Waals surface area contributed by atoms with Crippen molar-refractivity contribution in [1.29, 1.82) is 0 Å². The Morgan fingerprint density at radius 3 is 2.74 bits per heavy atom. The second-order valence-electron chi connectivity index (χ2n) is 4.46. The molecule has 1 aromatic rings. The quantitative estimate of drug-likeness (QED) is 0.885. The van der Waals surface area contributed by atoms with E-state index in [2.05, 4.69) is 10.6 Å². The fraction of sp³-hybridized carbons (Fsp3) is 0.308. The minimum Gasteiger partial charge on any atom is -0.326 e. The lowest BCUT2D eigenvalue weighted by molar-refractivity contribution is -0.125. The van der Waals surface area contributed by atoms with Gasteiger partial charge in [-0.3, -0.25) is 19.7 Å². The molecule has 0 radical (unpaired) electrons. The molecule has 1 saturated heterocycles. The highest BCUT2D eigenvalue weighted by Gasteiger charge is 2.38. The minimum atomic E-state index is -0.655. The van der Waals surface area contributed by atoms with Crippen molar-refractivity contribution < 1.29 is 14.4 Å². The summed E-state index contributed by atoms with van der Waals surface area (Å²) in [6.45, 7) is 3.57. The van der Waals surface area contributed by atoms with Gasteiger partial charge in [-0.15, -0.1) is 0 Å². The van der Waals surface area contributed by atoms with E-state index in [1.807, 2.05) is 25.1 Å². The van der Waals surface area contributed by atoms with Gasteiger partial charge in [0.25, 0.3) is 5.24 Å². The minimum absolute atomic E-state index is 0.270. The van der Waals surface area contributed by atoms with Crippen LogP contribution >= 0.6 is 11.8 Å². The van der Waals surface area contributed by atoms with E-state index in [0.29, 0.717) is 5.69 Å². The van der Waals surface area contributed by atoms with Crippen molar-refractivity contribution in [3.05, 3.63) is 29.8 Å². The standard InChI is InChI=1S/C13H14N2O3S/c1-7-4-3-5-9(6-7)14-11(16)8(2)10-12(17)15-13(18)19-10/h3-6,8,10H,1-2H3,(H,14,16)(H,15,17,18). The molecule has 19 heavy (non-hydrogen) atoms. The van der Waals surface area contributed by atoms with Crippen LogP contribution in [0.3, 0.4) is 0 Å². The number of carbonyl (C=O) groups is 3. The van der Waals surface area contributed by atoms with Gasteiger partial charge in [-0.2, -0.15) is 0 Å². The molecule has 2 atom stereocenters. The molecule has 1 heterocycles. The monoisotopic (exact) mass is 278 g/mol. The molecule has 100 valence electrons. The molecular weight excluding hydrogens is 264 g/mol. The average Bonchev–Trinajstić information content (AvgIpc) is 2.67. The first-order valence-electron chi connectivity index (χ1n) is 5.86. The van der Waals surface area contributed by atoms with E-state index < -0.39 is 22.3 Å². The molecule has 2 rings (SSSR count). The molecule has 0 saturated carbocycles. The first-order valence-corrected chi connectivity index (χ1v) is 6.74. The SMILES string of the molecule is Cc1cccc(NC(=O)C(C)C2SC(=O)NC2=O)c1. The Labute approximate surface area is 115 Å². The Hall–Kier alpha value is -1.82. The molecule has 1 fully saturated rings. The van der Waals surface area contributed by atoms with E-state index in [0.717, 1.165) is 17.3 Å². The zero-order chi connectivity index (χ0) is 14.0. The predicted octanol–water partition coefficient (Wildman–Crippen LogP) is 1.92. The van der Waals surface area contributed by atoms with E-state index in [-0.39, 0.29) is 5.91 Å². The summed E-state index contributed by atoms with van der Waals surface area (Å²) in [5.74, 6) is -1.24. The Morgan fingerprint density at radius 1 is 1.42 bits per heavy atom. The number of rotatable bonds is 3. The summed E-state index contributed by atoms with van der Waals surface area (Å²) in [5, 5.41) is 3.88. The van der Waals surface area contributed by atoms with Crippen LogP contribution in [0.2, 0.25) is 0 Å². The molecule has 1 aliphatic heterocycles. The second kappa shape index (κ2) is 5.44. The van der Waals surface area contributed by atoms with Crippen molar-refractivity contribution >= 4 is 34.5 Å². The van der Waals surface area contributed by atoms with Crippen LogP contribution in [0.4, 0.5) is 10.5 Å². The first kappa shape index (κ1) is 13.6. The van der Waals surface area contributed by atoms with Crippen molar-refractivity contribution in [3.63, 3.8) is 0 Å². The van der Waals surface area contributed by atoms with Crippen LogP contribution in [-0.2, 0) is 9.59 Å². The van der Waals surface area contributed by atoms with Crippen LogP contribution in [0.1, 0.15) is 12.5 Å². The zero-order valence-corrected chi connectivity index (χ0v) is 11.4. The number of imide groups is 1. The third kappa shape index (κ3) is 3.14. The van der Waals surface area contributed by atoms with Gasteiger partial charge in [-0.05, 0) is 24.6 Å². The number of aryl methyl sites for hydroxylation is 1. The molecule has 2 N–H and O–H groups in total. The maximum absolute atomic E-state index is 12.0. The highest BCUT2D eigenvalue weighted by Crippen LogP contribution is 2.26. The van der Waals surface area contributed by atoms with Crippen molar-refractivity contribution in [1.82, 2.24) is 5.32 Å². The number of anilines is 1. The molecule has 5 nitrogen and oxygen atoms in total. The third-order valence-electron chi connectivity index (χ3n) is 2.87. The Balaban J connectivity index is 2.04. The summed E-state index contributed by atoms with van der Waals surface area (Å²) in [4.78, 5) is 34.6. The Morgan fingerprint density at radius 2 is 2.16 bits per heavy atom. The fourth-order valence-corrected chi connectivity index (χ4v) is 2.70. The van der Waals surface area contributed by atoms with Crippen molar-refractivity contribution in [2.75, 3.05) is 5.32 Å². The summed E-state index contributed by atoms with van der Waals surface area (Å²) >= 11 is 0.863. The van der Waals surface area contributed by atoms with Gasteiger partial charge in [-0.25, -0.2) is 0 Å². The summed E-state index contributed by atoms with van der Waals surface area (Å²) in [6.07, 6.45) is 0. The molecule has 1 aliphatic rings. The molecule has 0 aliphatic carbocycles. The predicted molar refractivity (Wildman–Crippen MR) is 73.9 cm³/mol. The summed E-state index contributed by atoms with van der Waals surface area (Å²) in [6, 6.07) is 7.40. The maximum atomic E-state index is 12.0. The average molecular weight is 278 g/mol. The van der Waals surface area contributed by atoms with E-state index in [9.17, 15) is 14.4 Å². The Bertz CT molecular complexity index is 544. The molecule has 0 spiro atoms. The second-order valence-corrected chi connectivity index (χ2v) is 5.58. The first-order chi connectivity index (χ1) is 8.97. The van der Waals surface area contributed by atoms with Crippen molar-refractivity contribution in [2.24, 2.45) is 5.92 Å². The Kier molecular flexibility index (Phi) is 3.90. The van der Waals surface area contributed by atoms with Crippen LogP contribution in [0, 0.1) is 12.8 Å². The van der Waals surface area contributed by atoms with Crippen molar-refractivity contribution in [2.45, 2.75) is 19.1 Å². The summed E-state index contributed by atoms with van der Waals surface area (Å²) in [5.41, 5.74) is 1.72. The van der Waals surface area contributed by atoms with Gasteiger partial charge in [0.1, 0.15) is 5.25 Å². The maximum Gasteiger partial charge on any atom is 0.286 e. The molecule has 0 aromatic heterocycles. The smallest absolute Gasteiger partial charge is 0.286 e. The van der Waals surface area contributed by atoms with E-state index in [1.165, 1.54) is 0 Å². The lowest BCUT2D eigenvalue weighted by Crippen LogP contribution is -2.35. The topological polar surface area (TPSA) is 75.3 Å². The summed E-state index contributed by atoms with van der Waals surface area (Å²) in [7, 11) is 0. The largest absolute Gasteiger partial charge is 0.326 e. The highest BCUT2D eigenvalue weighted by molar-refractivity contribution is 8.15. The summed E-state index contributed by atoms with van der Waals surface area (Å²) < 4.78 is 0. The van der Waals surface area contributed by atoms with Gasteiger partial charge in [0.2, 0.25) is 11.8 Å². The normalized spacial score (nSPS) is 20.0. The fourth-order valence-electron chi connectivity index (χ4n) is 1.82. The number of nitrogens with one attached hydrogen (secondary N) is 2. The van der Waals surface area contributed by atoms with Gasteiger partial charge < -0.3 is 5.32 Å². The molecule has 0 bridgehead atoms. The molecule has 1 aromatic carbocycles. The van der Waals surface area contributed by atoms with Gasteiger partial charge in [0.15, 0.2) is 0 Å². The third-order valence-corrected chi connectivity index (χ3v) is 4.06.